The number of hydrogen-bond acceptors (Lipinski definition) is 3. The lowest BCUT2D eigenvalue weighted by atomic mass is 10.2. The van der Waals surface area contributed by atoms with Gasteiger partial charge in [-0.05, 0) is 23.8 Å². The topological polar surface area (TPSA) is 20.2 Å². The zero-order valence-corrected chi connectivity index (χ0v) is 7.07. The number of rotatable bonds is 1. The lowest BCUT2D eigenvalue weighted by Gasteiger charge is -1.98. The van der Waals surface area contributed by atoms with Crippen molar-refractivity contribution in [2.24, 2.45) is 0 Å². The van der Waals surface area contributed by atoms with E-state index in [0.29, 0.717) is 0 Å². The van der Waals surface area contributed by atoms with Gasteiger partial charge in [-0.25, -0.2) is 0 Å². The van der Waals surface area contributed by atoms with Crippen molar-refractivity contribution in [1.82, 2.24) is 0 Å². The van der Waals surface area contributed by atoms with Crippen LogP contribution in [0.5, 0.6) is 0 Å². The van der Waals surface area contributed by atoms with Crippen LogP contribution >= 0.6 is 25.3 Å². The van der Waals surface area contributed by atoms with Crippen LogP contribution in [0.2, 0.25) is 0 Å². The molecule has 3 heteroatoms. The van der Waals surface area contributed by atoms with Gasteiger partial charge in [0.1, 0.15) is 0 Å². The summed E-state index contributed by atoms with van der Waals surface area (Å²) in [5.74, 6) is 0. The molecule has 0 aliphatic heterocycles. The smallest absolute Gasteiger partial charge is 0.0682 e. The van der Waals surface area contributed by atoms with E-state index in [1.165, 1.54) is 0 Å². The average Bonchev–Trinajstić information content (AvgIpc) is 1.85. The van der Waals surface area contributed by atoms with Gasteiger partial charge in [0.05, 0.1) is 6.61 Å². The van der Waals surface area contributed by atoms with E-state index in [2.05, 4.69) is 25.3 Å². The fourth-order valence-corrected chi connectivity index (χ4v) is 1.46. The van der Waals surface area contributed by atoms with Gasteiger partial charge in [-0.15, -0.1) is 25.3 Å². The first-order valence-electron chi connectivity index (χ1n) is 2.85. The molecule has 0 atom stereocenters. The van der Waals surface area contributed by atoms with E-state index in [1.807, 2.05) is 18.2 Å². The summed E-state index contributed by atoms with van der Waals surface area (Å²) in [6, 6.07) is 5.44. The van der Waals surface area contributed by atoms with E-state index < -0.39 is 0 Å². The zero-order valence-electron chi connectivity index (χ0n) is 5.28. The number of aliphatic hydroxyl groups is 1. The summed E-state index contributed by atoms with van der Waals surface area (Å²) in [7, 11) is 0. The van der Waals surface area contributed by atoms with Gasteiger partial charge in [0.25, 0.3) is 0 Å². The number of aliphatic hydroxyl groups excluding tert-OH is 1. The molecule has 0 bridgehead atoms. The van der Waals surface area contributed by atoms with Crippen LogP contribution in [0, 0.1) is 0 Å². The van der Waals surface area contributed by atoms with Crippen LogP contribution in [0.3, 0.4) is 0 Å². The molecule has 0 spiro atoms. The van der Waals surface area contributed by atoms with Crippen molar-refractivity contribution in [1.29, 1.82) is 0 Å². The van der Waals surface area contributed by atoms with Gasteiger partial charge in [-0.1, -0.05) is 0 Å². The molecule has 0 aromatic heterocycles. The van der Waals surface area contributed by atoms with E-state index in [1.54, 1.807) is 0 Å². The van der Waals surface area contributed by atoms with Crippen LogP contribution in [0.15, 0.2) is 28.0 Å². The Balaban J connectivity index is 3.06. The fraction of sp³-hybridized carbons (Fsp3) is 0.143. The van der Waals surface area contributed by atoms with Crippen LogP contribution in [0.25, 0.3) is 0 Å². The highest BCUT2D eigenvalue weighted by Gasteiger charge is 1.93. The van der Waals surface area contributed by atoms with Crippen molar-refractivity contribution in [3.05, 3.63) is 23.8 Å². The van der Waals surface area contributed by atoms with Gasteiger partial charge in [-0.3, -0.25) is 0 Å². The molecule has 1 aromatic rings. The van der Waals surface area contributed by atoms with Crippen molar-refractivity contribution < 1.29 is 5.11 Å². The highest BCUT2D eigenvalue weighted by Crippen LogP contribution is 2.15. The Morgan fingerprint density at radius 2 is 1.60 bits per heavy atom. The van der Waals surface area contributed by atoms with Gasteiger partial charge in [0.15, 0.2) is 0 Å². The van der Waals surface area contributed by atoms with Gasteiger partial charge in [0, 0.05) is 9.79 Å². The Hall–Kier alpha value is -0.120. The second-order valence-corrected chi connectivity index (χ2v) is 3.05. The van der Waals surface area contributed by atoms with E-state index >= 15 is 0 Å². The molecule has 0 aliphatic rings. The van der Waals surface area contributed by atoms with Crippen LogP contribution in [-0.2, 0) is 6.61 Å². The highest BCUT2D eigenvalue weighted by molar-refractivity contribution is 7.81. The maximum Gasteiger partial charge on any atom is 0.0682 e. The first-order valence-corrected chi connectivity index (χ1v) is 3.74. The van der Waals surface area contributed by atoms with Gasteiger partial charge < -0.3 is 5.11 Å². The van der Waals surface area contributed by atoms with Crippen molar-refractivity contribution in [3.8, 4) is 0 Å². The summed E-state index contributed by atoms with van der Waals surface area (Å²) in [4.78, 5) is 1.66. The van der Waals surface area contributed by atoms with Crippen molar-refractivity contribution >= 4 is 25.3 Å². The Morgan fingerprint density at radius 1 is 1.10 bits per heavy atom. The van der Waals surface area contributed by atoms with Crippen LogP contribution < -0.4 is 0 Å². The van der Waals surface area contributed by atoms with E-state index in [-0.39, 0.29) is 6.61 Å². The second kappa shape index (κ2) is 3.32. The minimum atomic E-state index is 0.0436. The molecule has 1 rings (SSSR count). The molecule has 0 heterocycles. The molecular weight excluding hydrogens is 164 g/mol. The molecule has 0 aliphatic carbocycles. The van der Waals surface area contributed by atoms with E-state index in [0.717, 1.165) is 15.4 Å². The molecular formula is C7H8OS2. The fourth-order valence-electron chi connectivity index (χ4n) is 0.748. The first kappa shape index (κ1) is 7.98. The Bertz CT molecular complexity index is 215. The molecule has 10 heavy (non-hydrogen) atoms. The summed E-state index contributed by atoms with van der Waals surface area (Å²) < 4.78 is 0. The summed E-state index contributed by atoms with van der Waals surface area (Å²) >= 11 is 8.24. The Kier molecular flexibility index (Phi) is 2.65. The normalized spacial score (nSPS) is 9.90. The van der Waals surface area contributed by atoms with Crippen molar-refractivity contribution in [3.63, 3.8) is 0 Å². The Labute approximate surface area is 70.9 Å². The third-order valence-electron chi connectivity index (χ3n) is 1.14. The SMILES string of the molecule is OCc1cc(S)cc(S)c1. The standard InChI is InChI=1S/C7H8OS2/c8-4-5-1-6(9)3-7(10)2-5/h1-3,8-10H,4H2. The molecule has 0 saturated carbocycles. The number of benzene rings is 1. The Morgan fingerprint density at radius 3 is 2.00 bits per heavy atom. The molecule has 1 N–H and O–H groups in total. The predicted molar refractivity (Wildman–Crippen MR) is 46.9 cm³/mol. The molecule has 0 amide bonds. The third-order valence-corrected chi connectivity index (χ3v) is 1.66. The van der Waals surface area contributed by atoms with Gasteiger partial charge >= 0.3 is 0 Å². The maximum absolute atomic E-state index is 8.72. The number of thiol groups is 2. The molecule has 0 saturated heterocycles. The summed E-state index contributed by atoms with van der Waals surface area (Å²) in [5, 5.41) is 8.72. The molecule has 0 fully saturated rings. The van der Waals surface area contributed by atoms with Crippen LogP contribution in [-0.4, -0.2) is 5.11 Å². The first-order chi connectivity index (χ1) is 4.72. The minimum absolute atomic E-state index is 0.0436. The molecule has 0 radical (unpaired) electrons. The molecule has 1 nitrogen and oxygen atoms in total. The second-order valence-electron chi connectivity index (χ2n) is 2.02. The quantitative estimate of drug-likeness (QED) is 0.551. The minimum Gasteiger partial charge on any atom is -0.392 e. The molecule has 1 aromatic carbocycles. The summed E-state index contributed by atoms with van der Waals surface area (Å²) in [6.07, 6.45) is 0. The van der Waals surface area contributed by atoms with E-state index in [9.17, 15) is 0 Å². The van der Waals surface area contributed by atoms with Crippen molar-refractivity contribution in [2.45, 2.75) is 16.4 Å². The molecule has 54 valence electrons. The number of hydrogen-bond donors (Lipinski definition) is 3. The highest BCUT2D eigenvalue weighted by atomic mass is 32.1. The third kappa shape index (κ3) is 1.94. The monoisotopic (exact) mass is 172 g/mol. The largest absolute Gasteiger partial charge is 0.392 e. The zero-order chi connectivity index (χ0) is 7.56. The maximum atomic E-state index is 8.72. The lowest BCUT2D eigenvalue weighted by Crippen LogP contribution is -1.82. The lowest BCUT2D eigenvalue weighted by molar-refractivity contribution is 0.281. The predicted octanol–water partition coefficient (Wildman–Crippen LogP) is 1.76. The molecule has 0 unspecified atom stereocenters. The van der Waals surface area contributed by atoms with E-state index in [4.69, 9.17) is 5.11 Å². The van der Waals surface area contributed by atoms with Gasteiger partial charge in [0.2, 0.25) is 0 Å². The van der Waals surface area contributed by atoms with Crippen molar-refractivity contribution in [2.75, 3.05) is 0 Å². The van der Waals surface area contributed by atoms with Gasteiger partial charge in [-0.2, -0.15) is 0 Å². The van der Waals surface area contributed by atoms with Crippen LogP contribution in [0.4, 0.5) is 0 Å². The summed E-state index contributed by atoms with van der Waals surface area (Å²) in [6.45, 7) is 0.0436. The van der Waals surface area contributed by atoms with Crippen LogP contribution in [0.1, 0.15) is 5.56 Å². The summed E-state index contributed by atoms with van der Waals surface area (Å²) in [5.41, 5.74) is 0.845. The average molecular weight is 172 g/mol.